The average Bonchev–Trinajstić information content (AvgIpc) is 2.45. The number of nitrogens with one attached hydrogen (secondary N) is 1. The van der Waals surface area contributed by atoms with Crippen LogP contribution in [0.15, 0.2) is 46.9 Å². The van der Waals surface area contributed by atoms with Gasteiger partial charge in [0.25, 0.3) is 0 Å². The Morgan fingerprint density at radius 1 is 1.25 bits per heavy atom. The summed E-state index contributed by atoms with van der Waals surface area (Å²) in [7, 11) is 1.97. The van der Waals surface area contributed by atoms with Crippen molar-refractivity contribution in [1.29, 1.82) is 0 Å². The second kappa shape index (κ2) is 7.11. The van der Waals surface area contributed by atoms with Gasteiger partial charge in [0.05, 0.1) is 5.02 Å². The first-order valence-electron chi connectivity index (χ1n) is 6.54. The van der Waals surface area contributed by atoms with E-state index in [9.17, 15) is 0 Å². The van der Waals surface area contributed by atoms with Crippen LogP contribution < -0.4 is 10.1 Å². The lowest BCUT2D eigenvalue weighted by molar-refractivity contribution is 0.479. The van der Waals surface area contributed by atoms with E-state index >= 15 is 0 Å². The van der Waals surface area contributed by atoms with Gasteiger partial charge in [-0.2, -0.15) is 0 Å². The van der Waals surface area contributed by atoms with Crippen molar-refractivity contribution < 1.29 is 4.74 Å². The van der Waals surface area contributed by atoms with Crippen LogP contribution in [0.3, 0.4) is 0 Å². The molecule has 0 amide bonds. The fraction of sp³-hybridized carbons (Fsp3) is 0.250. The van der Waals surface area contributed by atoms with Crippen LogP contribution in [-0.4, -0.2) is 7.05 Å². The van der Waals surface area contributed by atoms with E-state index in [1.165, 1.54) is 5.56 Å². The molecular formula is C16H17BrClNO. The Morgan fingerprint density at radius 3 is 2.75 bits per heavy atom. The molecule has 1 unspecified atom stereocenters. The van der Waals surface area contributed by atoms with Crippen LogP contribution in [0.5, 0.6) is 11.5 Å². The molecule has 2 nitrogen and oxygen atoms in total. The first-order valence-corrected chi connectivity index (χ1v) is 7.71. The number of hydrogen-bond acceptors (Lipinski definition) is 2. The molecule has 2 aromatic carbocycles. The zero-order valence-electron chi connectivity index (χ0n) is 11.5. The first kappa shape index (κ1) is 15.4. The molecule has 0 aliphatic rings. The van der Waals surface area contributed by atoms with Crippen LogP contribution in [0.1, 0.15) is 24.9 Å². The van der Waals surface area contributed by atoms with E-state index in [2.05, 4.69) is 34.2 Å². The maximum atomic E-state index is 6.14. The molecule has 0 spiro atoms. The van der Waals surface area contributed by atoms with Gasteiger partial charge in [0.1, 0.15) is 11.5 Å². The monoisotopic (exact) mass is 353 g/mol. The molecule has 106 valence electrons. The highest BCUT2D eigenvalue weighted by Crippen LogP contribution is 2.33. The zero-order chi connectivity index (χ0) is 14.5. The third-order valence-corrected chi connectivity index (χ3v) is 3.94. The summed E-state index contributed by atoms with van der Waals surface area (Å²) in [5, 5.41) is 3.89. The van der Waals surface area contributed by atoms with E-state index < -0.39 is 0 Å². The molecule has 1 N–H and O–H groups in total. The molecule has 20 heavy (non-hydrogen) atoms. The Kier molecular flexibility index (Phi) is 5.46. The van der Waals surface area contributed by atoms with Crippen molar-refractivity contribution in [3.8, 4) is 11.5 Å². The smallest absolute Gasteiger partial charge is 0.147 e. The minimum Gasteiger partial charge on any atom is -0.456 e. The molecule has 0 aliphatic carbocycles. The largest absolute Gasteiger partial charge is 0.456 e. The third-order valence-electron chi connectivity index (χ3n) is 3.14. The Balaban J connectivity index is 2.25. The molecule has 0 saturated heterocycles. The standard InChI is InChI=1S/C16H17BrClNO/c1-3-15(19-2)11-5-4-6-13(9-11)20-16-10-12(17)7-8-14(16)18/h4-10,15,19H,3H2,1-2H3. The van der Waals surface area contributed by atoms with Crippen molar-refractivity contribution in [3.63, 3.8) is 0 Å². The lowest BCUT2D eigenvalue weighted by atomic mass is 10.0. The third kappa shape index (κ3) is 3.75. The second-order valence-electron chi connectivity index (χ2n) is 4.50. The summed E-state index contributed by atoms with van der Waals surface area (Å²) in [5.74, 6) is 1.44. The van der Waals surface area contributed by atoms with Crippen LogP contribution in [0.4, 0.5) is 0 Å². The lowest BCUT2D eigenvalue weighted by Gasteiger charge is -2.15. The van der Waals surface area contributed by atoms with E-state index in [0.29, 0.717) is 16.8 Å². The quantitative estimate of drug-likeness (QED) is 0.758. The highest BCUT2D eigenvalue weighted by atomic mass is 79.9. The minimum absolute atomic E-state index is 0.330. The Bertz CT molecular complexity index is 584. The Morgan fingerprint density at radius 2 is 2.05 bits per heavy atom. The minimum atomic E-state index is 0.330. The molecule has 0 heterocycles. The lowest BCUT2D eigenvalue weighted by Crippen LogP contribution is -2.14. The van der Waals surface area contributed by atoms with Gasteiger partial charge in [-0.25, -0.2) is 0 Å². The van der Waals surface area contributed by atoms with Crippen molar-refractivity contribution in [2.45, 2.75) is 19.4 Å². The van der Waals surface area contributed by atoms with Crippen LogP contribution in [0.25, 0.3) is 0 Å². The topological polar surface area (TPSA) is 21.3 Å². The van der Waals surface area contributed by atoms with Gasteiger partial charge in [-0.05, 0) is 49.4 Å². The van der Waals surface area contributed by atoms with Crippen LogP contribution in [0, 0.1) is 0 Å². The maximum Gasteiger partial charge on any atom is 0.147 e. The number of hydrogen-bond donors (Lipinski definition) is 1. The maximum absolute atomic E-state index is 6.14. The summed E-state index contributed by atoms with van der Waals surface area (Å²) >= 11 is 9.57. The number of ether oxygens (including phenoxy) is 1. The molecule has 0 aliphatic heterocycles. The molecule has 2 rings (SSSR count). The van der Waals surface area contributed by atoms with Crippen LogP contribution in [-0.2, 0) is 0 Å². The summed E-state index contributed by atoms with van der Waals surface area (Å²) in [6, 6.07) is 14.0. The summed E-state index contributed by atoms with van der Waals surface area (Å²) < 4.78 is 6.82. The molecule has 2 aromatic rings. The molecule has 1 atom stereocenters. The fourth-order valence-corrected chi connectivity index (χ4v) is 2.58. The van der Waals surface area contributed by atoms with E-state index in [1.807, 2.05) is 43.4 Å². The summed E-state index contributed by atoms with van der Waals surface area (Å²) in [4.78, 5) is 0. The first-order chi connectivity index (χ1) is 9.63. The van der Waals surface area contributed by atoms with Gasteiger partial charge in [0, 0.05) is 10.5 Å². The summed E-state index contributed by atoms with van der Waals surface area (Å²) in [6.07, 6.45) is 1.03. The summed E-state index contributed by atoms with van der Waals surface area (Å²) in [6.45, 7) is 2.15. The number of rotatable bonds is 5. The van der Waals surface area contributed by atoms with E-state index in [4.69, 9.17) is 16.3 Å². The number of benzene rings is 2. The Hall–Kier alpha value is -1.03. The normalized spacial score (nSPS) is 12.2. The van der Waals surface area contributed by atoms with Crippen LogP contribution in [0.2, 0.25) is 5.02 Å². The zero-order valence-corrected chi connectivity index (χ0v) is 13.8. The second-order valence-corrected chi connectivity index (χ2v) is 5.82. The molecule has 0 radical (unpaired) electrons. The highest BCUT2D eigenvalue weighted by Gasteiger charge is 2.09. The van der Waals surface area contributed by atoms with Gasteiger partial charge < -0.3 is 10.1 Å². The van der Waals surface area contributed by atoms with Gasteiger partial charge in [0.2, 0.25) is 0 Å². The van der Waals surface area contributed by atoms with Gasteiger partial charge >= 0.3 is 0 Å². The van der Waals surface area contributed by atoms with Gasteiger partial charge in [0.15, 0.2) is 0 Å². The van der Waals surface area contributed by atoms with E-state index in [0.717, 1.165) is 16.6 Å². The molecule has 0 saturated carbocycles. The highest BCUT2D eigenvalue weighted by molar-refractivity contribution is 9.10. The van der Waals surface area contributed by atoms with Crippen LogP contribution >= 0.6 is 27.5 Å². The predicted molar refractivity (Wildman–Crippen MR) is 87.8 cm³/mol. The average molecular weight is 355 g/mol. The molecule has 0 bridgehead atoms. The van der Waals surface area contributed by atoms with Crippen molar-refractivity contribution in [2.24, 2.45) is 0 Å². The SMILES string of the molecule is CCC(NC)c1cccc(Oc2cc(Br)ccc2Cl)c1. The van der Waals surface area contributed by atoms with Crippen molar-refractivity contribution >= 4 is 27.5 Å². The van der Waals surface area contributed by atoms with Crippen molar-refractivity contribution in [2.75, 3.05) is 7.05 Å². The van der Waals surface area contributed by atoms with Gasteiger partial charge in [-0.1, -0.05) is 46.6 Å². The van der Waals surface area contributed by atoms with Gasteiger partial charge in [-0.15, -0.1) is 0 Å². The number of halogens is 2. The predicted octanol–water partition coefficient (Wildman–Crippen LogP) is 5.57. The van der Waals surface area contributed by atoms with E-state index in [1.54, 1.807) is 0 Å². The Labute approximate surface area is 133 Å². The molecule has 0 fully saturated rings. The van der Waals surface area contributed by atoms with E-state index in [-0.39, 0.29) is 0 Å². The molecule has 4 heteroatoms. The fourth-order valence-electron chi connectivity index (χ4n) is 2.08. The van der Waals surface area contributed by atoms with Gasteiger partial charge in [-0.3, -0.25) is 0 Å². The van der Waals surface area contributed by atoms with Crippen molar-refractivity contribution in [3.05, 3.63) is 57.5 Å². The summed E-state index contributed by atoms with van der Waals surface area (Å²) in [5.41, 5.74) is 1.21. The molecular weight excluding hydrogens is 338 g/mol. The van der Waals surface area contributed by atoms with Crippen molar-refractivity contribution in [1.82, 2.24) is 5.32 Å². The molecule has 0 aromatic heterocycles.